The van der Waals surface area contributed by atoms with Crippen LogP contribution in [-0.4, -0.2) is 38.1 Å². The number of rotatable bonds is 4. The summed E-state index contributed by atoms with van der Waals surface area (Å²) in [5, 5.41) is 9.22. The number of benzene rings is 1. The molecule has 1 amide bonds. The van der Waals surface area contributed by atoms with Crippen LogP contribution in [0, 0.1) is 11.3 Å². The monoisotopic (exact) mass is 286 g/mol. The van der Waals surface area contributed by atoms with E-state index >= 15 is 0 Å². The Morgan fingerprint density at radius 2 is 1.90 bits per heavy atom. The fourth-order valence-electron chi connectivity index (χ4n) is 2.34. The maximum absolute atomic E-state index is 12.2. The third-order valence-electron chi connectivity index (χ3n) is 3.46. The van der Waals surface area contributed by atoms with Gasteiger partial charge in [0.25, 0.3) is 5.91 Å². The summed E-state index contributed by atoms with van der Waals surface area (Å²) in [7, 11) is 3.11. The van der Waals surface area contributed by atoms with Crippen LogP contribution in [0.3, 0.4) is 0 Å². The Balaban J connectivity index is 2.27. The van der Waals surface area contributed by atoms with E-state index in [1.165, 1.54) is 0 Å². The fraction of sp³-hybridized carbons (Fsp3) is 0.375. The van der Waals surface area contributed by atoms with Crippen molar-refractivity contribution in [1.29, 1.82) is 5.26 Å². The molecular weight excluding hydrogens is 268 g/mol. The van der Waals surface area contributed by atoms with E-state index in [1.807, 2.05) is 6.07 Å². The lowest BCUT2D eigenvalue weighted by Crippen LogP contribution is -2.28. The molecule has 1 fully saturated rings. The second-order valence-corrected chi connectivity index (χ2v) is 4.78. The maximum atomic E-state index is 12.2. The largest absolute Gasteiger partial charge is 0.493 e. The van der Waals surface area contributed by atoms with Crippen molar-refractivity contribution in [3.63, 3.8) is 0 Å². The third-order valence-corrected chi connectivity index (χ3v) is 3.46. The summed E-state index contributed by atoms with van der Waals surface area (Å²) in [6.07, 6.45) is 3.59. The van der Waals surface area contributed by atoms with E-state index in [4.69, 9.17) is 9.47 Å². The molecule has 0 aromatic heterocycles. The minimum absolute atomic E-state index is 0.143. The molecule has 0 radical (unpaired) electrons. The SMILES string of the molecule is COc1ccc(C=C(C#N)C(=O)N2CCCC2)cc1OC. The smallest absolute Gasteiger partial charge is 0.264 e. The molecule has 1 heterocycles. The zero-order valence-electron chi connectivity index (χ0n) is 12.3. The van der Waals surface area contributed by atoms with Gasteiger partial charge in [-0.3, -0.25) is 4.79 Å². The average molecular weight is 286 g/mol. The second kappa shape index (κ2) is 6.80. The van der Waals surface area contributed by atoms with Gasteiger partial charge in [0.1, 0.15) is 11.6 Å². The summed E-state index contributed by atoms with van der Waals surface area (Å²) in [6, 6.07) is 7.27. The lowest BCUT2D eigenvalue weighted by atomic mass is 10.1. The Morgan fingerprint density at radius 3 is 2.48 bits per heavy atom. The van der Waals surface area contributed by atoms with Crippen LogP contribution in [0.1, 0.15) is 18.4 Å². The predicted octanol–water partition coefficient (Wildman–Crippen LogP) is 2.23. The molecule has 0 N–H and O–H groups in total. The first-order chi connectivity index (χ1) is 10.2. The number of methoxy groups -OCH3 is 2. The Labute approximate surface area is 124 Å². The summed E-state index contributed by atoms with van der Waals surface area (Å²) < 4.78 is 10.4. The van der Waals surface area contributed by atoms with Crippen LogP contribution in [0.2, 0.25) is 0 Å². The molecule has 0 saturated carbocycles. The molecule has 5 heteroatoms. The Bertz CT molecular complexity index is 596. The van der Waals surface area contributed by atoms with Gasteiger partial charge >= 0.3 is 0 Å². The van der Waals surface area contributed by atoms with Crippen LogP contribution in [0.5, 0.6) is 11.5 Å². The van der Waals surface area contributed by atoms with Crippen LogP contribution in [0.15, 0.2) is 23.8 Å². The van der Waals surface area contributed by atoms with Crippen LogP contribution in [0.4, 0.5) is 0 Å². The van der Waals surface area contributed by atoms with Gasteiger partial charge in [0.05, 0.1) is 14.2 Å². The van der Waals surface area contributed by atoms with Crippen molar-refractivity contribution in [2.75, 3.05) is 27.3 Å². The first-order valence-electron chi connectivity index (χ1n) is 6.82. The number of carbonyl (C=O) groups is 1. The summed E-state index contributed by atoms with van der Waals surface area (Å²) in [6.45, 7) is 1.45. The Hall–Kier alpha value is -2.48. The topological polar surface area (TPSA) is 62.6 Å². The number of hydrogen-bond acceptors (Lipinski definition) is 4. The lowest BCUT2D eigenvalue weighted by molar-refractivity contribution is -0.125. The molecule has 0 aliphatic carbocycles. The number of nitrogens with zero attached hydrogens (tertiary/aromatic N) is 2. The number of amides is 1. The first-order valence-corrected chi connectivity index (χ1v) is 6.82. The molecule has 1 aliphatic heterocycles. The molecule has 110 valence electrons. The van der Waals surface area contributed by atoms with Crippen LogP contribution in [0.25, 0.3) is 6.08 Å². The van der Waals surface area contributed by atoms with E-state index in [-0.39, 0.29) is 11.5 Å². The van der Waals surface area contributed by atoms with E-state index in [2.05, 4.69) is 0 Å². The van der Waals surface area contributed by atoms with Gasteiger partial charge in [0.15, 0.2) is 11.5 Å². The highest BCUT2D eigenvalue weighted by atomic mass is 16.5. The molecule has 0 spiro atoms. The third kappa shape index (κ3) is 3.34. The zero-order chi connectivity index (χ0) is 15.2. The summed E-state index contributed by atoms with van der Waals surface area (Å²) in [5.41, 5.74) is 0.876. The zero-order valence-corrected chi connectivity index (χ0v) is 12.3. The standard InChI is InChI=1S/C16H18N2O3/c1-20-14-6-5-12(10-15(14)21-2)9-13(11-17)16(19)18-7-3-4-8-18/h5-6,9-10H,3-4,7-8H2,1-2H3. The molecule has 5 nitrogen and oxygen atoms in total. The van der Waals surface area contributed by atoms with Gasteiger partial charge in [-0.05, 0) is 36.6 Å². The number of carbonyl (C=O) groups excluding carboxylic acids is 1. The second-order valence-electron chi connectivity index (χ2n) is 4.78. The van der Waals surface area contributed by atoms with Gasteiger partial charge in [0.2, 0.25) is 0 Å². The lowest BCUT2D eigenvalue weighted by Gasteiger charge is -2.14. The van der Waals surface area contributed by atoms with Gasteiger partial charge in [0, 0.05) is 13.1 Å². The van der Waals surface area contributed by atoms with Crippen molar-refractivity contribution in [2.24, 2.45) is 0 Å². The van der Waals surface area contributed by atoms with Gasteiger partial charge in [-0.2, -0.15) is 5.26 Å². The normalized spacial score (nSPS) is 14.7. The van der Waals surface area contributed by atoms with Crippen LogP contribution < -0.4 is 9.47 Å². The molecule has 2 rings (SSSR count). The summed E-state index contributed by atoms with van der Waals surface area (Å²) >= 11 is 0. The van der Waals surface area contributed by atoms with Gasteiger partial charge in [-0.25, -0.2) is 0 Å². The minimum atomic E-state index is -0.204. The highest BCUT2D eigenvalue weighted by Crippen LogP contribution is 2.28. The summed E-state index contributed by atoms with van der Waals surface area (Å²) in [5.74, 6) is 0.973. The van der Waals surface area contributed by atoms with Crippen molar-refractivity contribution in [3.05, 3.63) is 29.3 Å². The predicted molar refractivity (Wildman–Crippen MR) is 79.0 cm³/mol. The van der Waals surface area contributed by atoms with E-state index in [0.717, 1.165) is 31.5 Å². The van der Waals surface area contributed by atoms with E-state index in [0.29, 0.717) is 11.5 Å². The average Bonchev–Trinajstić information content (AvgIpc) is 3.06. The van der Waals surface area contributed by atoms with Gasteiger partial charge in [-0.1, -0.05) is 6.07 Å². The Morgan fingerprint density at radius 1 is 1.24 bits per heavy atom. The molecule has 1 aromatic carbocycles. The molecule has 1 aromatic rings. The van der Waals surface area contributed by atoms with Crippen molar-refractivity contribution < 1.29 is 14.3 Å². The van der Waals surface area contributed by atoms with E-state index in [1.54, 1.807) is 43.4 Å². The maximum Gasteiger partial charge on any atom is 0.264 e. The molecule has 1 saturated heterocycles. The van der Waals surface area contributed by atoms with Crippen molar-refractivity contribution in [2.45, 2.75) is 12.8 Å². The number of hydrogen-bond donors (Lipinski definition) is 0. The van der Waals surface area contributed by atoms with Crippen LogP contribution in [-0.2, 0) is 4.79 Å². The van der Waals surface area contributed by atoms with Crippen molar-refractivity contribution in [1.82, 2.24) is 4.90 Å². The molecule has 0 bridgehead atoms. The van der Waals surface area contributed by atoms with Crippen molar-refractivity contribution in [3.8, 4) is 17.6 Å². The van der Waals surface area contributed by atoms with Gasteiger partial charge < -0.3 is 14.4 Å². The van der Waals surface area contributed by atoms with E-state index < -0.39 is 0 Å². The Kier molecular flexibility index (Phi) is 4.83. The first kappa shape index (κ1) is 14.9. The number of likely N-dealkylation sites (tertiary alicyclic amines) is 1. The minimum Gasteiger partial charge on any atom is -0.493 e. The molecule has 0 atom stereocenters. The van der Waals surface area contributed by atoms with Gasteiger partial charge in [-0.15, -0.1) is 0 Å². The fourth-order valence-corrected chi connectivity index (χ4v) is 2.34. The molecule has 0 unspecified atom stereocenters. The van der Waals surface area contributed by atoms with Crippen LogP contribution >= 0.6 is 0 Å². The number of nitriles is 1. The quantitative estimate of drug-likeness (QED) is 0.629. The molecule has 21 heavy (non-hydrogen) atoms. The highest BCUT2D eigenvalue weighted by Gasteiger charge is 2.21. The molecular formula is C16H18N2O3. The highest BCUT2D eigenvalue weighted by molar-refractivity contribution is 6.01. The summed E-state index contributed by atoms with van der Waals surface area (Å²) in [4.78, 5) is 14.0. The van der Waals surface area contributed by atoms with E-state index in [9.17, 15) is 10.1 Å². The molecule has 1 aliphatic rings. The number of ether oxygens (including phenoxy) is 2. The van der Waals surface area contributed by atoms with Crippen molar-refractivity contribution >= 4 is 12.0 Å².